The number of rotatable bonds is 4. The highest BCUT2D eigenvalue weighted by molar-refractivity contribution is 7.84. The Hall–Kier alpha value is -0.790. The number of aromatic amines is 1. The van der Waals surface area contributed by atoms with Crippen LogP contribution in [0.1, 0.15) is 23.8 Å². The van der Waals surface area contributed by atoms with E-state index in [-0.39, 0.29) is 5.56 Å². The number of nitrogens with zero attached hydrogens (tertiary/aromatic N) is 1. The lowest BCUT2D eigenvalue weighted by Gasteiger charge is -2.06. The van der Waals surface area contributed by atoms with Gasteiger partial charge in [0.25, 0.3) is 5.56 Å². The average Bonchev–Trinajstić information content (AvgIpc) is 2.97. The van der Waals surface area contributed by atoms with Gasteiger partial charge in [0.15, 0.2) is 4.77 Å². The zero-order valence-corrected chi connectivity index (χ0v) is 13.7. The van der Waals surface area contributed by atoms with Gasteiger partial charge in [-0.25, -0.2) is 0 Å². The van der Waals surface area contributed by atoms with E-state index in [1.165, 1.54) is 10.4 Å². The van der Waals surface area contributed by atoms with E-state index in [9.17, 15) is 9.00 Å². The maximum absolute atomic E-state index is 12.7. The van der Waals surface area contributed by atoms with E-state index in [0.717, 1.165) is 29.5 Å². The zero-order valence-electron chi connectivity index (χ0n) is 11.2. The summed E-state index contributed by atoms with van der Waals surface area (Å²) in [6, 6.07) is 0. The SMILES string of the molecule is CCS(=O)CCn1c(=S)[nH]c2sc3c(c2c1=O)CCC3. The predicted molar refractivity (Wildman–Crippen MR) is 86.8 cm³/mol. The van der Waals surface area contributed by atoms with Crippen molar-refractivity contribution in [3.63, 3.8) is 0 Å². The summed E-state index contributed by atoms with van der Waals surface area (Å²) in [5, 5.41) is 0.804. The standard InChI is InChI=1S/C13H16N2O2S3/c1-2-20(17)7-6-15-12(16)10-8-4-3-5-9(8)19-11(10)14-13(15)18/h2-7H2,1H3,(H,14,18). The van der Waals surface area contributed by atoms with E-state index >= 15 is 0 Å². The molecule has 0 saturated carbocycles. The predicted octanol–water partition coefficient (Wildman–Crippen LogP) is 2.38. The van der Waals surface area contributed by atoms with Crippen molar-refractivity contribution in [3.8, 4) is 0 Å². The Morgan fingerprint density at radius 2 is 2.25 bits per heavy atom. The zero-order chi connectivity index (χ0) is 14.3. The van der Waals surface area contributed by atoms with Crippen molar-refractivity contribution in [1.82, 2.24) is 9.55 Å². The Morgan fingerprint density at radius 1 is 1.45 bits per heavy atom. The van der Waals surface area contributed by atoms with Crippen molar-refractivity contribution in [3.05, 3.63) is 25.6 Å². The summed E-state index contributed by atoms with van der Waals surface area (Å²) in [4.78, 5) is 18.0. The minimum atomic E-state index is -0.885. The second kappa shape index (κ2) is 5.54. The molecule has 0 fully saturated rings. The molecule has 3 rings (SSSR count). The number of hydrogen-bond acceptors (Lipinski definition) is 4. The molecule has 0 bridgehead atoms. The molecule has 0 aliphatic heterocycles. The first-order valence-electron chi connectivity index (χ1n) is 6.74. The maximum atomic E-state index is 12.7. The normalized spacial score (nSPS) is 15.7. The Balaban J connectivity index is 2.11. The van der Waals surface area contributed by atoms with E-state index in [4.69, 9.17) is 12.2 Å². The van der Waals surface area contributed by atoms with Gasteiger partial charge in [0.2, 0.25) is 0 Å². The summed E-state index contributed by atoms with van der Waals surface area (Å²) in [5.74, 6) is 1.09. The van der Waals surface area contributed by atoms with E-state index < -0.39 is 10.8 Å². The molecular weight excluding hydrogens is 312 g/mol. The highest BCUT2D eigenvalue weighted by atomic mass is 32.2. The minimum Gasteiger partial charge on any atom is -0.323 e. The molecule has 0 saturated heterocycles. The third kappa shape index (κ3) is 2.31. The van der Waals surface area contributed by atoms with E-state index in [1.54, 1.807) is 15.9 Å². The van der Waals surface area contributed by atoms with Crippen molar-refractivity contribution in [2.75, 3.05) is 11.5 Å². The van der Waals surface area contributed by atoms with Crippen molar-refractivity contribution < 1.29 is 4.21 Å². The van der Waals surface area contributed by atoms with Crippen LogP contribution in [0.2, 0.25) is 0 Å². The molecule has 108 valence electrons. The van der Waals surface area contributed by atoms with Gasteiger partial charge in [0.05, 0.1) is 5.39 Å². The lowest BCUT2D eigenvalue weighted by atomic mass is 10.2. The van der Waals surface area contributed by atoms with Gasteiger partial charge in [-0.3, -0.25) is 13.6 Å². The quantitative estimate of drug-likeness (QED) is 0.877. The summed E-state index contributed by atoms with van der Waals surface area (Å²) in [5.41, 5.74) is 1.18. The van der Waals surface area contributed by atoms with E-state index in [2.05, 4.69) is 4.98 Å². The van der Waals surface area contributed by atoms with E-state index in [1.807, 2.05) is 6.92 Å². The van der Waals surface area contributed by atoms with Crippen molar-refractivity contribution >= 4 is 44.6 Å². The molecule has 1 aliphatic carbocycles. The first-order chi connectivity index (χ1) is 9.61. The van der Waals surface area contributed by atoms with Gasteiger partial charge in [0, 0.05) is 33.7 Å². The number of thiophene rings is 1. The van der Waals surface area contributed by atoms with Crippen LogP contribution >= 0.6 is 23.6 Å². The van der Waals surface area contributed by atoms with Crippen LogP contribution in [-0.4, -0.2) is 25.3 Å². The first-order valence-corrected chi connectivity index (χ1v) is 9.45. The molecule has 1 aliphatic rings. The average molecular weight is 328 g/mol. The topological polar surface area (TPSA) is 54.9 Å². The molecule has 2 aromatic rings. The van der Waals surface area contributed by atoms with Gasteiger partial charge in [-0.15, -0.1) is 11.3 Å². The molecular formula is C13H16N2O2S3. The van der Waals surface area contributed by atoms with Crippen LogP contribution in [-0.2, 0) is 30.2 Å². The van der Waals surface area contributed by atoms with Crippen molar-refractivity contribution in [2.24, 2.45) is 0 Å². The van der Waals surface area contributed by atoms with Gasteiger partial charge < -0.3 is 4.98 Å². The smallest absolute Gasteiger partial charge is 0.263 e. The molecule has 1 unspecified atom stereocenters. The lowest BCUT2D eigenvalue weighted by Crippen LogP contribution is -2.25. The monoisotopic (exact) mass is 328 g/mol. The van der Waals surface area contributed by atoms with Crippen LogP contribution in [0.4, 0.5) is 0 Å². The summed E-state index contributed by atoms with van der Waals surface area (Å²) >= 11 is 6.93. The molecule has 7 heteroatoms. The van der Waals surface area contributed by atoms with Crippen LogP contribution < -0.4 is 5.56 Å². The molecule has 1 atom stereocenters. The van der Waals surface area contributed by atoms with Gasteiger partial charge >= 0.3 is 0 Å². The molecule has 0 amide bonds. The Labute approximate surface area is 128 Å². The third-order valence-electron chi connectivity index (χ3n) is 3.71. The van der Waals surface area contributed by atoms with Crippen LogP contribution in [0.25, 0.3) is 10.2 Å². The fourth-order valence-corrected chi connectivity index (χ4v) is 4.95. The van der Waals surface area contributed by atoms with Gasteiger partial charge in [-0.05, 0) is 37.0 Å². The minimum absolute atomic E-state index is 0.0174. The first kappa shape index (κ1) is 14.2. The van der Waals surface area contributed by atoms with Crippen LogP contribution in [0.15, 0.2) is 4.79 Å². The molecule has 2 aromatic heterocycles. The Kier molecular flexibility index (Phi) is 3.92. The number of H-pyrrole nitrogens is 1. The lowest BCUT2D eigenvalue weighted by molar-refractivity contribution is 0.665. The number of aromatic nitrogens is 2. The highest BCUT2D eigenvalue weighted by Gasteiger charge is 2.21. The van der Waals surface area contributed by atoms with Crippen LogP contribution in [0, 0.1) is 4.77 Å². The number of nitrogens with one attached hydrogen (secondary N) is 1. The second-order valence-corrected chi connectivity index (χ2v) is 8.24. The summed E-state index contributed by atoms with van der Waals surface area (Å²) in [6.45, 7) is 2.31. The molecule has 2 heterocycles. The maximum Gasteiger partial charge on any atom is 0.263 e. The number of aryl methyl sites for hydroxylation is 2. The van der Waals surface area contributed by atoms with Crippen molar-refractivity contribution in [1.29, 1.82) is 0 Å². The molecule has 20 heavy (non-hydrogen) atoms. The summed E-state index contributed by atoms with van der Waals surface area (Å²) in [6.07, 6.45) is 3.18. The molecule has 0 aromatic carbocycles. The molecule has 1 N–H and O–H groups in total. The van der Waals surface area contributed by atoms with Gasteiger partial charge in [-0.2, -0.15) is 0 Å². The van der Waals surface area contributed by atoms with Crippen LogP contribution in [0.3, 0.4) is 0 Å². The largest absolute Gasteiger partial charge is 0.323 e. The highest BCUT2D eigenvalue weighted by Crippen LogP contribution is 2.34. The summed E-state index contributed by atoms with van der Waals surface area (Å²) in [7, 11) is -0.885. The second-order valence-electron chi connectivity index (χ2n) is 4.88. The van der Waals surface area contributed by atoms with Crippen LogP contribution in [0.5, 0.6) is 0 Å². The van der Waals surface area contributed by atoms with Crippen molar-refractivity contribution in [2.45, 2.75) is 32.7 Å². The number of fused-ring (bicyclic) bond motifs is 3. The summed E-state index contributed by atoms with van der Waals surface area (Å²) < 4.78 is 13.6. The molecule has 4 nitrogen and oxygen atoms in total. The molecule has 0 spiro atoms. The van der Waals surface area contributed by atoms with Gasteiger partial charge in [0.1, 0.15) is 4.83 Å². The fourth-order valence-electron chi connectivity index (χ4n) is 2.65. The third-order valence-corrected chi connectivity index (χ3v) is 6.52. The van der Waals surface area contributed by atoms with E-state index in [0.29, 0.717) is 22.8 Å². The fraction of sp³-hybridized carbons (Fsp3) is 0.538. The molecule has 0 radical (unpaired) electrons. The Bertz CT molecular complexity index is 800. The number of hydrogen-bond donors (Lipinski definition) is 1. The van der Waals surface area contributed by atoms with Gasteiger partial charge in [-0.1, -0.05) is 6.92 Å². The Morgan fingerprint density at radius 3 is 3.00 bits per heavy atom.